The standard InChI is InChI=1S/C30H36FN3O5S/c1-30(2,3)32-29(36)27(18-22-11-7-6-8-12-22)33(20-23-13-9-16-26(17-23)39-4)28(35)21-34(40(5,37)38)25-15-10-14-24(31)19-25/h6-17,19,27H,18,20-21H2,1-5H3,(H,32,36). The number of rotatable bonds is 11. The van der Waals surface area contributed by atoms with E-state index >= 15 is 0 Å². The van der Waals surface area contributed by atoms with Crippen LogP contribution in [0, 0.1) is 5.82 Å². The highest BCUT2D eigenvalue weighted by Crippen LogP contribution is 2.22. The van der Waals surface area contributed by atoms with Gasteiger partial charge in [0.25, 0.3) is 0 Å². The molecule has 0 aliphatic heterocycles. The highest BCUT2D eigenvalue weighted by Gasteiger charge is 2.34. The predicted octanol–water partition coefficient (Wildman–Crippen LogP) is 4.16. The summed E-state index contributed by atoms with van der Waals surface area (Å²) in [4.78, 5) is 29.1. The van der Waals surface area contributed by atoms with Crippen LogP contribution in [0.5, 0.6) is 5.75 Å². The Morgan fingerprint density at radius 2 is 1.60 bits per heavy atom. The number of hydrogen-bond acceptors (Lipinski definition) is 5. The van der Waals surface area contributed by atoms with Crippen LogP contribution in [0.3, 0.4) is 0 Å². The Labute approximate surface area is 235 Å². The normalized spacial score (nSPS) is 12.3. The lowest BCUT2D eigenvalue weighted by Gasteiger charge is -2.35. The van der Waals surface area contributed by atoms with Crippen LogP contribution in [-0.4, -0.2) is 56.6 Å². The Morgan fingerprint density at radius 1 is 0.950 bits per heavy atom. The van der Waals surface area contributed by atoms with Crippen molar-refractivity contribution in [2.75, 3.05) is 24.2 Å². The number of benzene rings is 3. The number of hydrogen-bond donors (Lipinski definition) is 1. The number of nitrogens with zero attached hydrogens (tertiary/aromatic N) is 2. The molecule has 3 aromatic carbocycles. The zero-order valence-corrected chi connectivity index (χ0v) is 24.2. The van der Waals surface area contributed by atoms with Gasteiger partial charge in [-0.2, -0.15) is 0 Å². The molecule has 0 aliphatic rings. The van der Waals surface area contributed by atoms with E-state index in [1.165, 1.54) is 30.2 Å². The van der Waals surface area contributed by atoms with E-state index in [1.54, 1.807) is 24.3 Å². The van der Waals surface area contributed by atoms with Gasteiger partial charge in [0.15, 0.2) is 0 Å². The van der Waals surface area contributed by atoms with E-state index in [1.807, 2.05) is 51.1 Å². The number of methoxy groups -OCH3 is 1. The van der Waals surface area contributed by atoms with Crippen molar-refractivity contribution in [2.24, 2.45) is 0 Å². The summed E-state index contributed by atoms with van der Waals surface area (Å²) in [6.45, 7) is 4.91. The van der Waals surface area contributed by atoms with Gasteiger partial charge in [-0.05, 0) is 62.2 Å². The van der Waals surface area contributed by atoms with Gasteiger partial charge >= 0.3 is 0 Å². The predicted molar refractivity (Wildman–Crippen MR) is 154 cm³/mol. The van der Waals surface area contributed by atoms with Gasteiger partial charge in [-0.15, -0.1) is 0 Å². The van der Waals surface area contributed by atoms with E-state index in [4.69, 9.17) is 4.74 Å². The number of nitrogens with one attached hydrogen (secondary N) is 1. The van der Waals surface area contributed by atoms with Crippen molar-refractivity contribution in [1.29, 1.82) is 0 Å². The largest absolute Gasteiger partial charge is 0.497 e. The van der Waals surface area contributed by atoms with Gasteiger partial charge in [0.1, 0.15) is 24.2 Å². The van der Waals surface area contributed by atoms with Gasteiger partial charge in [0.2, 0.25) is 21.8 Å². The molecule has 3 aromatic rings. The average molecular weight is 570 g/mol. The van der Waals surface area contributed by atoms with Crippen LogP contribution in [0.4, 0.5) is 10.1 Å². The minimum absolute atomic E-state index is 0.00580. The summed E-state index contributed by atoms with van der Waals surface area (Å²) in [6.07, 6.45) is 1.14. The maximum Gasteiger partial charge on any atom is 0.244 e. The van der Waals surface area contributed by atoms with Gasteiger partial charge in [-0.1, -0.05) is 48.5 Å². The fraction of sp³-hybridized carbons (Fsp3) is 0.333. The Bertz CT molecular complexity index is 1420. The van der Waals surface area contributed by atoms with Crippen LogP contribution in [0.15, 0.2) is 78.9 Å². The van der Waals surface area contributed by atoms with E-state index in [-0.39, 0.29) is 24.6 Å². The molecule has 10 heteroatoms. The first-order chi connectivity index (χ1) is 18.8. The van der Waals surface area contributed by atoms with Crippen LogP contribution in [0.25, 0.3) is 0 Å². The molecule has 40 heavy (non-hydrogen) atoms. The summed E-state index contributed by atoms with van der Waals surface area (Å²) in [7, 11) is -2.45. The lowest BCUT2D eigenvalue weighted by atomic mass is 10.0. The van der Waals surface area contributed by atoms with Gasteiger partial charge in [-0.3, -0.25) is 13.9 Å². The second kappa shape index (κ2) is 13.0. The van der Waals surface area contributed by atoms with Crippen molar-refractivity contribution in [3.63, 3.8) is 0 Å². The molecule has 0 aliphatic carbocycles. The van der Waals surface area contributed by atoms with Gasteiger partial charge in [0, 0.05) is 18.5 Å². The van der Waals surface area contributed by atoms with Crippen molar-refractivity contribution in [3.8, 4) is 5.75 Å². The zero-order valence-electron chi connectivity index (χ0n) is 23.4. The topological polar surface area (TPSA) is 96.0 Å². The third kappa shape index (κ3) is 8.81. The average Bonchev–Trinajstić information content (AvgIpc) is 2.88. The van der Waals surface area contributed by atoms with E-state index < -0.39 is 39.9 Å². The van der Waals surface area contributed by atoms with Crippen molar-refractivity contribution < 1.29 is 27.1 Å². The van der Waals surface area contributed by atoms with Crippen LogP contribution >= 0.6 is 0 Å². The van der Waals surface area contributed by atoms with Gasteiger partial charge in [0.05, 0.1) is 19.1 Å². The number of carbonyl (C=O) groups is 2. The molecule has 1 N–H and O–H groups in total. The molecule has 0 saturated carbocycles. The Balaban J connectivity index is 2.09. The molecule has 1 atom stereocenters. The SMILES string of the molecule is COc1cccc(CN(C(=O)CN(c2cccc(F)c2)S(C)(=O)=O)C(Cc2ccccc2)C(=O)NC(C)(C)C)c1. The second-order valence-electron chi connectivity index (χ2n) is 10.6. The first kappa shape index (κ1) is 30.6. The van der Waals surface area contributed by atoms with Crippen molar-refractivity contribution >= 4 is 27.5 Å². The molecular weight excluding hydrogens is 533 g/mol. The minimum atomic E-state index is -3.98. The Kier molecular flexibility index (Phi) is 9.92. The van der Waals surface area contributed by atoms with Crippen LogP contribution in [0.1, 0.15) is 31.9 Å². The molecule has 0 bridgehead atoms. The summed E-state index contributed by atoms with van der Waals surface area (Å²) < 4.78 is 45.7. The highest BCUT2D eigenvalue weighted by molar-refractivity contribution is 7.92. The second-order valence-corrected chi connectivity index (χ2v) is 12.5. The Morgan fingerprint density at radius 3 is 2.20 bits per heavy atom. The van der Waals surface area contributed by atoms with E-state index in [0.29, 0.717) is 11.3 Å². The number of carbonyl (C=O) groups excluding carboxylic acids is 2. The molecule has 0 heterocycles. The molecule has 0 fully saturated rings. The first-order valence-corrected chi connectivity index (χ1v) is 14.6. The quantitative estimate of drug-likeness (QED) is 0.374. The smallest absolute Gasteiger partial charge is 0.244 e. The lowest BCUT2D eigenvalue weighted by Crippen LogP contribution is -2.56. The third-order valence-corrected chi connectivity index (χ3v) is 7.17. The van der Waals surface area contributed by atoms with Crippen LogP contribution < -0.4 is 14.4 Å². The number of amides is 2. The number of ether oxygens (including phenoxy) is 1. The Hall–Kier alpha value is -3.92. The maximum atomic E-state index is 14.0. The summed E-state index contributed by atoms with van der Waals surface area (Å²) >= 11 is 0. The first-order valence-electron chi connectivity index (χ1n) is 12.8. The molecule has 2 amide bonds. The fourth-order valence-corrected chi connectivity index (χ4v) is 5.06. The number of sulfonamides is 1. The highest BCUT2D eigenvalue weighted by atomic mass is 32.2. The summed E-state index contributed by atoms with van der Waals surface area (Å²) in [5.41, 5.74) is 0.934. The third-order valence-electron chi connectivity index (χ3n) is 6.03. The molecule has 0 radical (unpaired) electrons. The molecule has 1 unspecified atom stereocenters. The van der Waals surface area contributed by atoms with E-state index in [9.17, 15) is 22.4 Å². The van der Waals surface area contributed by atoms with E-state index in [0.717, 1.165) is 22.2 Å². The summed E-state index contributed by atoms with van der Waals surface area (Å²) in [5, 5.41) is 2.97. The monoisotopic (exact) mass is 569 g/mol. The molecule has 214 valence electrons. The molecule has 0 saturated heterocycles. The minimum Gasteiger partial charge on any atom is -0.497 e. The van der Waals surface area contributed by atoms with Gasteiger partial charge in [-0.25, -0.2) is 12.8 Å². The lowest BCUT2D eigenvalue weighted by molar-refractivity contribution is -0.140. The van der Waals surface area contributed by atoms with Crippen molar-refractivity contribution in [3.05, 3.63) is 95.8 Å². The fourth-order valence-electron chi connectivity index (χ4n) is 4.22. The molecule has 0 spiro atoms. The number of halogens is 1. The maximum absolute atomic E-state index is 14.0. The summed E-state index contributed by atoms with van der Waals surface area (Å²) in [6, 6.07) is 20.4. The van der Waals surface area contributed by atoms with Crippen molar-refractivity contribution in [1.82, 2.24) is 10.2 Å². The molecule has 0 aromatic heterocycles. The van der Waals surface area contributed by atoms with Gasteiger partial charge < -0.3 is 15.0 Å². The molecule has 3 rings (SSSR count). The van der Waals surface area contributed by atoms with Crippen LogP contribution in [-0.2, 0) is 32.6 Å². The van der Waals surface area contributed by atoms with E-state index in [2.05, 4.69) is 5.32 Å². The molecule has 8 nitrogen and oxygen atoms in total. The number of anilines is 1. The summed E-state index contributed by atoms with van der Waals surface area (Å²) in [5.74, 6) is -1.08. The van der Waals surface area contributed by atoms with Crippen LogP contribution in [0.2, 0.25) is 0 Å². The molecular formula is C30H36FN3O5S. The van der Waals surface area contributed by atoms with Crippen molar-refractivity contribution in [2.45, 2.75) is 45.3 Å². The zero-order chi connectivity index (χ0) is 29.5.